The van der Waals surface area contributed by atoms with Gasteiger partial charge in [0, 0.05) is 6.42 Å². The Balaban J connectivity index is 1.44. The van der Waals surface area contributed by atoms with Crippen LogP contribution in [0, 0.1) is 0 Å². The Bertz CT molecular complexity index is 817. The lowest BCUT2D eigenvalue weighted by Crippen LogP contribution is -2.55. The SMILES string of the molecule is OC[C@H]1O[C@@H](c2cccc(Cc3ccc(O[C@@H]4CCOC4)cc3)c2)[C@H](O)[C@@H](O)[C@@H]1O. The summed E-state index contributed by atoms with van der Waals surface area (Å²) in [4.78, 5) is 0. The number of hydrogen-bond acceptors (Lipinski definition) is 7. The second-order valence-electron chi connectivity index (χ2n) is 7.92. The largest absolute Gasteiger partial charge is 0.488 e. The maximum atomic E-state index is 10.4. The third-order valence-corrected chi connectivity index (χ3v) is 5.69. The first kappa shape index (κ1) is 21.2. The molecule has 2 aliphatic heterocycles. The van der Waals surface area contributed by atoms with Crippen LogP contribution < -0.4 is 4.74 Å². The van der Waals surface area contributed by atoms with Gasteiger partial charge in [-0.25, -0.2) is 0 Å². The second-order valence-corrected chi connectivity index (χ2v) is 7.92. The van der Waals surface area contributed by atoms with Crippen LogP contribution in [0.25, 0.3) is 0 Å². The molecule has 0 unspecified atom stereocenters. The quantitative estimate of drug-likeness (QED) is 0.555. The van der Waals surface area contributed by atoms with Crippen molar-refractivity contribution in [1.29, 1.82) is 0 Å². The molecule has 162 valence electrons. The molecule has 2 heterocycles. The molecule has 2 aromatic carbocycles. The van der Waals surface area contributed by atoms with Crippen LogP contribution in [0.1, 0.15) is 29.2 Å². The standard InChI is InChI=1S/C23H28O7/c24-12-19-20(25)21(26)22(27)23(30-19)16-3-1-2-15(11-16)10-14-4-6-17(7-5-14)29-18-8-9-28-13-18/h1-7,11,18-27H,8-10,12-13H2/t18-,19-,20-,21+,22-,23+/m1/s1. The molecule has 4 rings (SSSR count). The first-order chi connectivity index (χ1) is 14.5. The van der Waals surface area contributed by atoms with Crippen LogP contribution in [0.3, 0.4) is 0 Å². The van der Waals surface area contributed by atoms with E-state index in [9.17, 15) is 20.4 Å². The Labute approximate surface area is 175 Å². The van der Waals surface area contributed by atoms with E-state index in [1.807, 2.05) is 42.5 Å². The van der Waals surface area contributed by atoms with E-state index in [1.54, 1.807) is 6.07 Å². The Morgan fingerprint density at radius 1 is 0.933 bits per heavy atom. The van der Waals surface area contributed by atoms with Gasteiger partial charge in [-0.1, -0.05) is 36.4 Å². The summed E-state index contributed by atoms with van der Waals surface area (Å²) in [7, 11) is 0. The van der Waals surface area contributed by atoms with E-state index in [-0.39, 0.29) is 6.10 Å². The average molecular weight is 416 g/mol. The van der Waals surface area contributed by atoms with Gasteiger partial charge in [0.25, 0.3) is 0 Å². The molecule has 2 aliphatic rings. The number of ether oxygens (including phenoxy) is 3. The van der Waals surface area contributed by atoms with Crippen LogP contribution in [0.5, 0.6) is 5.75 Å². The van der Waals surface area contributed by atoms with Crippen molar-refractivity contribution in [3.05, 3.63) is 65.2 Å². The highest BCUT2D eigenvalue weighted by atomic mass is 16.5. The summed E-state index contributed by atoms with van der Waals surface area (Å²) in [6, 6.07) is 15.5. The lowest BCUT2D eigenvalue weighted by atomic mass is 9.90. The van der Waals surface area contributed by atoms with Gasteiger partial charge in [0.15, 0.2) is 0 Å². The molecular weight excluding hydrogens is 388 g/mol. The smallest absolute Gasteiger partial charge is 0.124 e. The molecule has 0 radical (unpaired) electrons. The topological polar surface area (TPSA) is 109 Å². The Kier molecular flexibility index (Phi) is 6.67. The van der Waals surface area contributed by atoms with E-state index < -0.39 is 37.1 Å². The molecule has 7 nitrogen and oxygen atoms in total. The Hall–Kier alpha value is -2.00. The lowest BCUT2D eigenvalue weighted by molar-refractivity contribution is -0.231. The first-order valence-electron chi connectivity index (χ1n) is 10.3. The van der Waals surface area contributed by atoms with Gasteiger partial charge < -0.3 is 34.6 Å². The van der Waals surface area contributed by atoms with E-state index in [4.69, 9.17) is 14.2 Å². The van der Waals surface area contributed by atoms with Gasteiger partial charge in [-0.15, -0.1) is 0 Å². The third kappa shape index (κ3) is 4.67. The first-order valence-corrected chi connectivity index (χ1v) is 10.3. The molecule has 7 heteroatoms. The zero-order chi connectivity index (χ0) is 21.1. The summed E-state index contributed by atoms with van der Waals surface area (Å²) in [6.07, 6.45) is -4.08. The summed E-state index contributed by atoms with van der Waals surface area (Å²) in [5, 5.41) is 39.8. The molecule has 0 amide bonds. The maximum absolute atomic E-state index is 10.4. The van der Waals surface area contributed by atoms with Gasteiger partial charge in [0.1, 0.15) is 42.4 Å². The lowest BCUT2D eigenvalue weighted by Gasteiger charge is -2.40. The van der Waals surface area contributed by atoms with Crippen LogP contribution in [-0.2, 0) is 15.9 Å². The van der Waals surface area contributed by atoms with E-state index in [0.717, 1.165) is 29.9 Å². The summed E-state index contributed by atoms with van der Waals surface area (Å²) >= 11 is 0. The molecule has 0 saturated carbocycles. The molecular formula is C23H28O7. The van der Waals surface area contributed by atoms with Crippen molar-refractivity contribution in [2.24, 2.45) is 0 Å². The van der Waals surface area contributed by atoms with Crippen LogP contribution in [0.15, 0.2) is 48.5 Å². The van der Waals surface area contributed by atoms with Crippen molar-refractivity contribution in [2.45, 2.75) is 49.5 Å². The Morgan fingerprint density at radius 3 is 2.43 bits per heavy atom. The molecule has 6 atom stereocenters. The second kappa shape index (κ2) is 9.43. The zero-order valence-corrected chi connectivity index (χ0v) is 16.6. The fourth-order valence-electron chi connectivity index (χ4n) is 3.98. The van der Waals surface area contributed by atoms with Gasteiger partial charge in [0.05, 0.1) is 19.8 Å². The van der Waals surface area contributed by atoms with Crippen LogP contribution in [-0.4, -0.2) is 70.8 Å². The van der Waals surface area contributed by atoms with E-state index in [2.05, 4.69) is 0 Å². The highest BCUT2D eigenvalue weighted by Crippen LogP contribution is 2.33. The van der Waals surface area contributed by atoms with Gasteiger partial charge in [-0.3, -0.25) is 0 Å². The maximum Gasteiger partial charge on any atom is 0.124 e. The third-order valence-electron chi connectivity index (χ3n) is 5.69. The van der Waals surface area contributed by atoms with Crippen molar-refractivity contribution < 1.29 is 34.6 Å². The highest BCUT2D eigenvalue weighted by molar-refractivity contribution is 5.34. The normalized spacial score (nSPS) is 31.6. The molecule has 2 saturated heterocycles. The molecule has 0 spiro atoms. The predicted molar refractivity (Wildman–Crippen MR) is 108 cm³/mol. The van der Waals surface area contributed by atoms with Gasteiger partial charge in [-0.05, 0) is 35.2 Å². The minimum atomic E-state index is -1.39. The summed E-state index contributed by atoms with van der Waals surface area (Å²) in [6.45, 7) is 0.933. The van der Waals surface area contributed by atoms with Gasteiger partial charge in [0.2, 0.25) is 0 Å². The highest BCUT2D eigenvalue weighted by Gasteiger charge is 2.43. The fraction of sp³-hybridized carbons (Fsp3) is 0.478. The molecule has 2 aromatic rings. The minimum absolute atomic E-state index is 0.117. The summed E-state index contributed by atoms with van der Waals surface area (Å²) < 4.78 is 16.9. The van der Waals surface area contributed by atoms with Crippen LogP contribution >= 0.6 is 0 Å². The molecule has 30 heavy (non-hydrogen) atoms. The van der Waals surface area contributed by atoms with Crippen molar-refractivity contribution in [3.63, 3.8) is 0 Å². The minimum Gasteiger partial charge on any atom is -0.488 e. The number of rotatable bonds is 6. The molecule has 2 fully saturated rings. The van der Waals surface area contributed by atoms with Crippen molar-refractivity contribution in [2.75, 3.05) is 19.8 Å². The van der Waals surface area contributed by atoms with Crippen LogP contribution in [0.2, 0.25) is 0 Å². The van der Waals surface area contributed by atoms with Gasteiger partial charge in [-0.2, -0.15) is 0 Å². The van der Waals surface area contributed by atoms with E-state index in [1.165, 1.54) is 0 Å². The number of benzene rings is 2. The molecule has 0 aliphatic carbocycles. The molecule has 4 N–H and O–H groups in total. The van der Waals surface area contributed by atoms with Crippen molar-refractivity contribution in [3.8, 4) is 5.75 Å². The Morgan fingerprint density at radius 2 is 1.73 bits per heavy atom. The van der Waals surface area contributed by atoms with Crippen molar-refractivity contribution >= 4 is 0 Å². The predicted octanol–water partition coefficient (Wildman–Crippen LogP) is 0.960. The number of aliphatic hydroxyl groups excluding tert-OH is 4. The van der Waals surface area contributed by atoms with E-state index >= 15 is 0 Å². The summed E-state index contributed by atoms with van der Waals surface area (Å²) in [5.41, 5.74) is 2.81. The van der Waals surface area contributed by atoms with Crippen molar-refractivity contribution in [1.82, 2.24) is 0 Å². The summed E-state index contributed by atoms with van der Waals surface area (Å²) in [5.74, 6) is 0.823. The van der Waals surface area contributed by atoms with Crippen LogP contribution in [0.4, 0.5) is 0 Å². The average Bonchev–Trinajstić information content (AvgIpc) is 3.27. The monoisotopic (exact) mass is 416 g/mol. The van der Waals surface area contributed by atoms with E-state index in [0.29, 0.717) is 18.6 Å². The van der Waals surface area contributed by atoms with Gasteiger partial charge >= 0.3 is 0 Å². The molecule has 0 aromatic heterocycles. The fourth-order valence-corrected chi connectivity index (χ4v) is 3.98. The number of aliphatic hydroxyl groups is 4. The molecule has 0 bridgehead atoms. The zero-order valence-electron chi connectivity index (χ0n) is 16.6. The number of hydrogen-bond donors (Lipinski definition) is 4.